The number of carboxylic acids is 1. The van der Waals surface area contributed by atoms with E-state index in [4.69, 9.17) is 25.1 Å². The molecule has 218 valence electrons. The first-order chi connectivity index (χ1) is 17.9. The molecule has 9 nitrogen and oxygen atoms in total. The van der Waals surface area contributed by atoms with E-state index in [2.05, 4.69) is 11.6 Å². The van der Waals surface area contributed by atoms with Crippen LogP contribution in [0.5, 0.6) is 0 Å². The third kappa shape index (κ3) is 19.4. The van der Waals surface area contributed by atoms with Gasteiger partial charge >= 0.3 is 24.1 Å². The van der Waals surface area contributed by atoms with Crippen molar-refractivity contribution in [3.63, 3.8) is 0 Å². The Morgan fingerprint density at radius 3 is 2.37 bits per heavy atom. The van der Waals surface area contributed by atoms with Crippen molar-refractivity contribution in [3.8, 4) is 0 Å². The highest BCUT2D eigenvalue weighted by Crippen LogP contribution is 2.27. The van der Waals surface area contributed by atoms with Crippen LogP contribution in [0.2, 0.25) is 0 Å². The van der Waals surface area contributed by atoms with Gasteiger partial charge in [-0.1, -0.05) is 21.6 Å². The predicted octanol–water partition coefficient (Wildman–Crippen LogP) is 3.61. The Morgan fingerprint density at radius 1 is 1.16 bits per heavy atom. The van der Waals surface area contributed by atoms with Crippen molar-refractivity contribution < 1.29 is 46.9 Å². The molecule has 2 unspecified atom stereocenters. The van der Waals surface area contributed by atoms with Gasteiger partial charge in [0.1, 0.15) is 0 Å². The second-order valence-corrected chi connectivity index (χ2v) is 11.8. The topological polar surface area (TPSA) is 145 Å². The zero-order valence-corrected chi connectivity index (χ0v) is 24.3. The molecule has 0 saturated carbocycles. The van der Waals surface area contributed by atoms with E-state index < -0.39 is 30.7 Å². The Hall–Kier alpha value is -1.62. The number of hydrogen-bond donors (Lipinski definition) is 3. The van der Waals surface area contributed by atoms with Crippen molar-refractivity contribution >= 4 is 68.5 Å². The monoisotopic (exact) mass is 622 g/mol. The summed E-state index contributed by atoms with van der Waals surface area (Å²) in [6.45, 7) is 1.67. The molecule has 1 aromatic rings. The van der Waals surface area contributed by atoms with Crippen LogP contribution in [-0.4, -0.2) is 84.4 Å². The molecule has 4 N–H and O–H groups in total. The third-order valence-corrected chi connectivity index (χ3v) is 8.25. The number of carboxylic acid groups (broad SMARTS) is 1. The molecule has 0 saturated heterocycles. The van der Waals surface area contributed by atoms with E-state index in [0.29, 0.717) is 12.2 Å². The smallest absolute Gasteiger partial charge is 0.475 e. The minimum atomic E-state index is -5.08. The van der Waals surface area contributed by atoms with Gasteiger partial charge in [-0.3, -0.25) is 9.59 Å². The minimum Gasteiger partial charge on any atom is -0.475 e. The Morgan fingerprint density at radius 2 is 1.82 bits per heavy atom. The van der Waals surface area contributed by atoms with Crippen molar-refractivity contribution in [2.24, 2.45) is 11.7 Å². The van der Waals surface area contributed by atoms with Crippen LogP contribution in [0.15, 0.2) is 16.8 Å². The van der Waals surface area contributed by atoms with Crippen LogP contribution in [0.4, 0.5) is 13.2 Å². The normalized spacial score (nSPS) is 12.5. The van der Waals surface area contributed by atoms with Crippen molar-refractivity contribution in [1.82, 2.24) is 5.32 Å². The number of halogens is 3. The van der Waals surface area contributed by atoms with Crippen LogP contribution in [0.25, 0.3) is 0 Å². The molecule has 1 heterocycles. The zero-order chi connectivity index (χ0) is 29.0. The van der Waals surface area contributed by atoms with Crippen molar-refractivity contribution in [3.05, 3.63) is 22.4 Å². The molecule has 0 fully saturated rings. The number of nitrogens with one attached hydrogen (secondary N) is 1. The fraction of sp³-hybridized carbons (Fsp3) is 0.636. The number of carbonyl (C=O) groups excluding carboxylic acids is 3. The Kier molecular flexibility index (Phi) is 20.3. The fourth-order valence-corrected chi connectivity index (χ4v) is 6.17. The molecule has 0 aromatic carbocycles. The second kappa shape index (κ2) is 21.2. The summed E-state index contributed by atoms with van der Waals surface area (Å²) in [5, 5.41) is 14.0. The maximum absolute atomic E-state index is 12.7. The molecule has 0 aliphatic heterocycles. The summed E-state index contributed by atoms with van der Waals surface area (Å²) in [7, 11) is 3.36. The summed E-state index contributed by atoms with van der Waals surface area (Å²) in [5.41, 5.74) is 7.23. The predicted molar refractivity (Wildman–Crippen MR) is 146 cm³/mol. The van der Waals surface area contributed by atoms with Gasteiger partial charge in [0, 0.05) is 24.1 Å². The van der Waals surface area contributed by atoms with Crippen LogP contribution >= 0.6 is 44.7 Å². The highest BCUT2D eigenvalue weighted by molar-refractivity contribution is 8.76. The van der Waals surface area contributed by atoms with E-state index in [1.54, 1.807) is 51.6 Å². The quantitative estimate of drug-likeness (QED) is 0.133. The lowest BCUT2D eigenvalue weighted by molar-refractivity contribution is -0.192. The maximum Gasteiger partial charge on any atom is 0.490 e. The number of thioether (sulfide) groups is 1. The molecular weight excluding hydrogens is 590 g/mol. The maximum atomic E-state index is 12.7. The molecule has 0 radical (unpaired) electrons. The first-order valence-electron chi connectivity index (χ1n) is 11.3. The molecule has 0 aliphatic carbocycles. The largest absolute Gasteiger partial charge is 0.490 e. The second-order valence-electron chi connectivity index (χ2n) is 7.45. The molecule has 0 bridgehead atoms. The van der Waals surface area contributed by atoms with Crippen LogP contribution < -0.4 is 11.1 Å². The van der Waals surface area contributed by atoms with E-state index in [-0.39, 0.29) is 37.4 Å². The molecule has 1 aromatic heterocycles. The number of thiophene rings is 1. The lowest BCUT2D eigenvalue weighted by atomic mass is 10.0. The van der Waals surface area contributed by atoms with Gasteiger partial charge in [-0.25, -0.2) is 9.59 Å². The number of nitrogens with two attached hydrogens (primary N) is 1. The SMILES string of the molecule is CCOC(=O)COC(=O)CCNC(=O)C(CSSCC(N)CCSC)Cc1ccsc1.O=C(O)C(F)(F)F. The number of amides is 1. The lowest BCUT2D eigenvalue weighted by Crippen LogP contribution is -2.35. The number of hydrogen-bond acceptors (Lipinski definition) is 11. The molecule has 16 heteroatoms. The molecule has 0 spiro atoms. The first-order valence-corrected chi connectivity index (χ1v) is 16.1. The zero-order valence-electron chi connectivity index (χ0n) is 21.0. The van der Waals surface area contributed by atoms with Crippen molar-refractivity contribution in [2.75, 3.05) is 43.3 Å². The number of aliphatic carboxylic acids is 1. The summed E-state index contributed by atoms with van der Waals surface area (Å²) in [6.07, 6.45) is -1.38. The molecule has 38 heavy (non-hydrogen) atoms. The number of rotatable bonds is 17. The van der Waals surface area contributed by atoms with Gasteiger partial charge in [0.05, 0.1) is 18.9 Å². The highest BCUT2D eigenvalue weighted by Gasteiger charge is 2.38. The number of carbonyl (C=O) groups is 4. The minimum absolute atomic E-state index is 0.00248. The van der Waals surface area contributed by atoms with Crippen LogP contribution in [0.3, 0.4) is 0 Å². The Bertz CT molecular complexity index is 830. The summed E-state index contributed by atoms with van der Waals surface area (Å²) in [5.74, 6) is -1.62. The Balaban J connectivity index is 0.00000171. The summed E-state index contributed by atoms with van der Waals surface area (Å²) in [4.78, 5) is 44.5. The van der Waals surface area contributed by atoms with E-state index in [1.165, 1.54) is 0 Å². The van der Waals surface area contributed by atoms with Gasteiger partial charge < -0.3 is 25.6 Å². The first kappa shape index (κ1) is 36.4. The Labute approximate surface area is 235 Å². The van der Waals surface area contributed by atoms with Gasteiger partial charge in [0.2, 0.25) is 5.91 Å². The summed E-state index contributed by atoms with van der Waals surface area (Å²) in [6, 6.07) is 2.18. The van der Waals surface area contributed by atoms with Gasteiger partial charge in [0.15, 0.2) is 6.61 Å². The average Bonchev–Trinajstić information content (AvgIpc) is 3.36. The number of esters is 2. The lowest BCUT2D eigenvalue weighted by Gasteiger charge is -2.16. The molecule has 0 aliphatic rings. The van der Waals surface area contributed by atoms with E-state index >= 15 is 0 Å². The van der Waals surface area contributed by atoms with Crippen molar-refractivity contribution in [1.29, 1.82) is 0 Å². The molecule has 2 atom stereocenters. The van der Waals surface area contributed by atoms with Gasteiger partial charge in [-0.2, -0.15) is 36.3 Å². The van der Waals surface area contributed by atoms with Gasteiger partial charge in [-0.15, -0.1) is 0 Å². The van der Waals surface area contributed by atoms with E-state index in [9.17, 15) is 27.6 Å². The molecular formula is C22H33F3N2O7S4. The number of ether oxygens (including phenoxy) is 2. The third-order valence-electron chi connectivity index (χ3n) is 4.29. The van der Waals surface area contributed by atoms with Crippen molar-refractivity contribution in [2.45, 2.75) is 38.4 Å². The van der Waals surface area contributed by atoms with Crippen LogP contribution in [-0.2, 0) is 35.1 Å². The summed E-state index contributed by atoms with van der Waals surface area (Å²) < 4.78 is 41.3. The average molecular weight is 623 g/mol. The highest BCUT2D eigenvalue weighted by atomic mass is 33.1. The number of alkyl halides is 3. The summed E-state index contributed by atoms with van der Waals surface area (Å²) >= 11 is 3.40. The van der Waals surface area contributed by atoms with Crippen LogP contribution in [0.1, 0.15) is 25.3 Å². The molecule has 1 amide bonds. The standard InChI is InChI=1S/C20H32N2O5S4.C2HF3O2/c1-3-26-19(24)11-27-18(23)4-7-22-20(25)16(10-15-5-9-29-12-15)13-30-31-14-17(21)6-8-28-2;3-2(4,5)1(6)7/h5,9,12,16-17H,3-4,6-8,10-11,13-14,21H2,1-2H3,(H,22,25);(H,6,7). The van der Waals surface area contributed by atoms with Gasteiger partial charge in [0.25, 0.3) is 0 Å². The molecule has 1 rings (SSSR count). The van der Waals surface area contributed by atoms with E-state index in [0.717, 1.165) is 23.5 Å². The van der Waals surface area contributed by atoms with Gasteiger partial charge in [-0.05, 0) is 54.2 Å². The van der Waals surface area contributed by atoms with Crippen LogP contribution in [0, 0.1) is 5.92 Å². The fourth-order valence-electron chi connectivity index (χ4n) is 2.39. The van der Waals surface area contributed by atoms with E-state index in [1.807, 2.05) is 16.8 Å².